The third kappa shape index (κ3) is 9.17. The maximum absolute atomic E-state index is 14.9. The quantitative estimate of drug-likeness (QED) is 0.0889. The molecule has 2 saturated carbocycles. The lowest BCUT2D eigenvalue weighted by atomic mass is 9.58. The first-order chi connectivity index (χ1) is 38.4. The fourth-order valence-electron chi connectivity index (χ4n) is 15.4. The number of benzene rings is 3. The highest BCUT2D eigenvalue weighted by Crippen LogP contribution is 2.56. The smallest absolute Gasteiger partial charge is 0.297 e. The summed E-state index contributed by atoms with van der Waals surface area (Å²) in [5.41, 5.74) is 6.01. The van der Waals surface area contributed by atoms with Gasteiger partial charge in [0, 0.05) is 113 Å². The number of carbonyl (C=O) groups is 1. The highest BCUT2D eigenvalue weighted by atomic mass is 32.2. The van der Waals surface area contributed by atoms with Gasteiger partial charge in [-0.25, -0.2) is 13.1 Å². The van der Waals surface area contributed by atoms with E-state index < -0.39 is 37.5 Å². The third-order valence-electron chi connectivity index (χ3n) is 20.0. The summed E-state index contributed by atoms with van der Waals surface area (Å²) < 4.78 is 61.2. The third-order valence-corrected chi connectivity index (χ3v) is 21.3. The first-order valence-electron chi connectivity index (χ1n) is 28.8. The topological polar surface area (TPSA) is 206 Å². The van der Waals surface area contributed by atoms with Gasteiger partial charge in [0.25, 0.3) is 21.6 Å². The zero-order valence-electron chi connectivity index (χ0n) is 44.9. The number of nitrogens with zero attached hydrogens (tertiary/aromatic N) is 6. The van der Waals surface area contributed by atoms with Gasteiger partial charge < -0.3 is 43.8 Å². The summed E-state index contributed by atoms with van der Waals surface area (Å²) in [6.45, 7) is 11.2. The van der Waals surface area contributed by atoms with Crippen LogP contribution in [-0.4, -0.2) is 148 Å². The Balaban J connectivity index is 0.735. The Labute approximate surface area is 460 Å². The van der Waals surface area contributed by atoms with Gasteiger partial charge >= 0.3 is 0 Å². The Morgan fingerprint density at radius 2 is 1.65 bits per heavy atom. The Morgan fingerprint density at radius 3 is 2.43 bits per heavy atom. The molecule has 3 N–H and O–H groups in total. The van der Waals surface area contributed by atoms with E-state index in [9.17, 15) is 23.3 Å². The number of amides is 1. The maximum atomic E-state index is 14.9. The molecule has 0 unspecified atom stereocenters. The first-order valence-corrected chi connectivity index (χ1v) is 30.3. The zero-order chi connectivity index (χ0) is 53.6. The summed E-state index contributed by atoms with van der Waals surface area (Å²) in [6.07, 6.45) is 12.9. The van der Waals surface area contributed by atoms with Gasteiger partial charge in [-0.1, -0.05) is 24.3 Å². The molecular formula is C59H71N9O10S. The number of hydrogen-bond acceptors (Lipinski definition) is 16. The molecule has 20 heteroatoms. The fourth-order valence-corrected chi connectivity index (χ4v) is 16.4. The van der Waals surface area contributed by atoms with Crippen molar-refractivity contribution in [2.75, 3.05) is 94.1 Å². The molecule has 3 aromatic carbocycles. The number of sulfonamides is 1. The fraction of sp³-hybridized carbons (Fsp3) is 0.559. The Bertz CT molecular complexity index is 3270. The molecule has 5 atom stereocenters. The van der Waals surface area contributed by atoms with Crippen LogP contribution in [0.25, 0.3) is 11.0 Å². The van der Waals surface area contributed by atoms with E-state index in [1.807, 2.05) is 30.5 Å². The number of ether oxygens (including phenoxy) is 5. The molecule has 5 saturated heterocycles. The molecule has 7 aliphatic heterocycles. The summed E-state index contributed by atoms with van der Waals surface area (Å²) in [7, 11) is -4.70. The van der Waals surface area contributed by atoms with Crippen LogP contribution in [0.1, 0.15) is 98.2 Å². The summed E-state index contributed by atoms with van der Waals surface area (Å²) in [5, 5.41) is 16.7. The number of nitro benzene ring substituents is 1. The van der Waals surface area contributed by atoms with Crippen LogP contribution in [0.4, 0.5) is 28.4 Å². The Morgan fingerprint density at radius 1 is 0.848 bits per heavy atom. The molecule has 7 fully saturated rings. The van der Waals surface area contributed by atoms with E-state index in [1.165, 1.54) is 55.7 Å². The minimum atomic E-state index is -4.70. The van der Waals surface area contributed by atoms with E-state index in [2.05, 4.69) is 65.8 Å². The number of fused-ring (bicyclic) bond motifs is 4. The van der Waals surface area contributed by atoms with Crippen LogP contribution >= 0.6 is 0 Å². The number of piperidine rings is 1. The number of H-pyrrole nitrogens is 1. The van der Waals surface area contributed by atoms with Crippen LogP contribution in [0, 0.1) is 33.8 Å². The maximum Gasteiger partial charge on any atom is 0.297 e. The summed E-state index contributed by atoms with van der Waals surface area (Å²) in [6, 6.07) is 21.9. The van der Waals surface area contributed by atoms with Gasteiger partial charge in [-0.3, -0.25) is 24.7 Å². The lowest BCUT2D eigenvalue weighted by molar-refractivity contribution is -0.384. The van der Waals surface area contributed by atoms with Crippen LogP contribution in [-0.2, 0) is 24.2 Å². The van der Waals surface area contributed by atoms with Crippen molar-refractivity contribution in [3.63, 3.8) is 0 Å². The average molecular weight is 1100 g/mol. The molecule has 9 aliphatic rings. The molecule has 2 aliphatic carbocycles. The standard InChI is InChI=1S/C59H71N9O10S/c1-37-4-2-3-5-43(37)50-34-65(53-8-13-59(53)16-26-75-27-17-59)21-22-66(50)41-32-58(33-41)14-19-64(20-15-58)40-6-7-44(47(29-40)67-46-12-25-76-36-52(46)78-57-49(67)28-39-9-18-60-55(39)62-57)56(69)63-79(72,73)42-30-48(68(70)71)54-51(31-42)77-35-45(61-54)38-10-23-74-24-11-38/h2-7,9,18,28-31,38,41,45-46,50,52-53,61H,8,10-17,19-27,32-36H2,1H3,(H,60,62)(H,63,69)/t45-,46-,50-,52-,53-/m0/s1. The zero-order valence-corrected chi connectivity index (χ0v) is 45.7. The van der Waals surface area contributed by atoms with Crippen molar-refractivity contribution in [2.24, 2.45) is 16.7 Å². The van der Waals surface area contributed by atoms with Crippen LogP contribution in [0.5, 0.6) is 11.6 Å². The molecule has 19 nitrogen and oxygen atoms in total. The van der Waals surface area contributed by atoms with Gasteiger partial charge in [0.2, 0.25) is 5.88 Å². The SMILES string of the molecule is Cc1ccccc1[C@@H]1CN([C@H]2CCC23CCOCC3)CCN1C1CC2(CCN(c3ccc(C(=O)NS(=O)(=O)c4cc5c(c([N+](=O)[O-])c4)N[C@H](C4CCOCC4)CO5)c(N4c5cc6cc[nH]c6nc5O[C@H]5COCC[C@@H]54)c3)CC2)C1. The molecule has 1 amide bonds. The molecule has 0 radical (unpaired) electrons. The van der Waals surface area contributed by atoms with Gasteiger partial charge in [-0.05, 0) is 136 Å². The second kappa shape index (κ2) is 20.2. The number of anilines is 4. The number of nitro groups is 1. The van der Waals surface area contributed by atoms with Crippen molar-refractivity contribution in [3.05, 3.63) is 99.7 Å². The number of aryl methyl sites for hydroxylation is 1. The number of piperazine rings is 1. The van der Waals surface area contributed by atoms with Crippen molar-refractivity contribution in [3.8, 4) is 11.6 Å². The van der Waals surface area contributed by atoms with Gasteiger partial charge in [-0.2, -0.15) is 4.98 Å². The highest BCUT2D eigenvalue weighted by Gasteiger charge is 2.54. The molecule has 5 aromatic rings. The Hall–Kier alpha value is -6.03. The largest absolute Gasteiger partial charge is 0.489 e. The first kappa shape index (κ1) is 51.1. The monoisotopic (exact) mass is 1100 g/mol. The van der Waals surface area contributed by atoms with E-state index in [0.717, 1.165) is 88.8 Å². The van der Waals surface area contributed by atoms with E-state index >= 15 is 0 Å². The van der Waals surface area contributed by atoms with E-state index in [0.29, 0.717) is 79.3 Å². The van der Waals surface area contributed by atoms with E-state index in [1.54, 1.807) is 6.07 Å². The normalized spacial score (nSPS) is 27.1. The molecular weight excluding hydrogens is 1030 g/mol. The number of pyridine rings is 1. The summed E-state index contributed by atoms with van der Waals surface area (Å²) >= 11 is 0. The lowest BCUT2D eigenvalue weighted by Crippen LogP contribution is -2.64. The van der Waals surface area contributed by atoms with Gasteiger partial charge in [0.05, 0.1) is 39.8 Å². The number of carbonyl (C=O) groups excluding carboxylic acids is 1. The minimum Gasteiger partial charge on any atom is -0.489 e. The molecule has 79 heavy (non-hydrogen) atoms. The summed E-state index contributed by atoms with van der Waals surface area (Å²) in [4.78, 5) is 44.7. The van der Waals surface area contributed by atoms with Crippen molar-refractivity contribution >= 4 is 55.4 Å². The molecule has 14 rings (SSSR count). The minimum absolute atomic E-state index is 0.0346. The molecule has 0 bridgehead atoms. The molecule has 418 valence electrons. The second-order valence-electron chi connectivity index (χ2n) is 24.1. The van der Waals surface area contributed by atoms with Crippen molar-refractivity contribution < 1.29 is 41.8 Å². The summed E-state index contributed by atoms with van der Waals surface area (Å²) in [5.74, 6) is -0.306. The van der Waals surface area contributed by atoms with Gasteiger partial charge in [-0.15, -0.1) is 0 Å². The number of hydrogen-bond donors (Lipinski definition) is 3. The predicted molar refractivity (Wildman–Crippen MR) is 297 cm³/mol. The van der Waals surface area contributed by atoms with Crippen molar-refractivity contribution in [2.45, 2.75) is 119 Å². The van der Waals surface area contributed by atoms with Crippen molar-refractivity contribution in [1.82, 2.24) is 24.5 Å². The molecule has 2 spiro atoms. The average Bonchev–Trinajstić information content (AvgIpc) is 4.11. The number of aromatic nitrogens is 2. The number of aromatic amines is 1. The van der Waals surface area contributed by atoms with Crippen LogP contribution in [0.3, 0.4) is 0 Å². The van der Waals surface area contributed by atoms with Crippen molar-refractivity contribution in [1.29, 1.82) is 0 Å². The number of rotatable bonds is 10. The van der Waals surface area contributed by atoms with E-state index in [-0.39, 0.29) is 47.0 Å². The predicted octanol–water partition coefficient (Wildman–Crippen LogP) is 8.25. The van der Waals surface area contributed by atoms with Gasteiger partial charge in [0.1, 0.15) is 24.0 Å². The van der Waals surface area contributed by atoms with Crippen LogP contribution in [0.15, 0.2) is 77.8 Å². The molecule has 2 aromatic heterocycles. The number of nitrogens with one attached hydrogen (secondary N) is 3. The van der Waals surface area contributed by atoms with Gasteiger partial charge in [0.15, 0.2) is 11.4 Å². The molecule has 9 heterocycles. The van der Waals surface area contributed by atoms with Crippen LogP contribution in [0.2, 0.25) is 0 Å². The highest BCUT2D eigenvalue weighted by molar-refractivity contribution is 7.90. The second-order valence-corrected chi connectivity index (χ2v) is 25.8. The lowest BCUT2D eigenvalue weighted by Gasteiger charge is -2.61. The van der Waals surface area contributed by atoms with E-state index in [4.69, 9.17) is 28.7 Å². The van der Waals surface area contributed by atoms with Crippen LogP contribution < -0.4 is 29.3 Å². The Kier molecular flexibility index (Phi) is 13.1.